The van der Waals surface area contributed by atoms with Gasteiger partial charge in [-0.3, -0.25) is 4.79 Å². The van der Waals surface area contributed by atoms with E-state index < -0.39 is 0 Å². The number of hydrogen-bond donors (Lipinski definition) is 1. The zero-order valence-corrected chi connectivity index (χ0v) is 14.4. The van der Waals surface area contributed by atoms with E-state index in [1.165, 1.54) is 16.9 Å². The standard InChI is InChI=1S/C16H24N2OS.ClH/c1-10-3-4-13-14(9-20-15(13)5-10)16(19)18-8-12(7-17)6-11(18)2;/h9-12H,3-8,17H2,1-2H3;1H. The molecule has 0 aromatic carbocycles. The van der Waals surface area contributed by atoms with Crippen molar-refractivity contribution in [3.63, 3.8) is 0 Å². The molecule has 2 aliphatic rings. The zero-order chi connectivity index (χ0) is 14.3. The average molecular weight is 329 g/mol. The minimum Gasteiger partial charge on any atom is -0.336 e. The van der Waals surface area contributed by atoms with Gasteiger partial charge >= 0.3 is 0 Å². The van der Waals surface area contributed by atoms with Gasteiger partial charge in [-0.05, 0) is 56.6 Å². The molecule has 118 valence electrons. The number of fused-ring (bicyclic) bond motifs is 1. The Labute approximate surface area is 137 Å². The van der Waals surface area contributed by atoms with Crippen molar-refractivity contribution in [2.75, 3.05) is 13.1 Å². The van der Waals surface area contributed by atoms with Gasteiger partial charge in [-0.1, -0.05) is 6.92 Å². The van der Waals surface area contributed by atoms with Crippen LogP contribution >= 0.6 is 23.7 Å². The van der Waals surface area contributed by atoms with E-state index in [1.54, 1.807) is 11.3 Å². The number of hydrogen-bond acceptors (Lipinski definition) is 3. The molecule has 3 atom stereocenters. The third-order valence-electron chi connectivity index (χ3n) is 4.89. The fourth-order valence-electron chi connectivity index (χ4n) is 3.61. The predicted octanol–water partition coefficient (Wildman–Crippen LogP) is 3.10. The van der Waals surface area contributed by atoms with Crippen molar-refractivity contribution in [2.24, 2.45) is 17.6 Å². The summed E-state index contributed by atoms with van der Waals surface area (Å²) in [5.41, 5.74) is 8.08. The minimum atomic E-state index is 0. The summed E-state index contributed by atoms with van der Waals surface area (Å²) >= 11 is 1.78. The van der Waals surface area contributed by atoms with Crippen molar-refractivity contribution >= 4 is 29.7 Å². The van der Waals surface area contributed by atoms with Crippen LogP contribution in [0.15, 0.2) is 5.38 Å². The number of rotatable bonds is 2. The van der Waals surface area contributed by atoms with E-state index in [1.807, 2.05) is 4.90 Å². The van der Waals surface area contributed by atoms with E-state index in [9.17, 15) is 4.79 Å². The van der Waals surface area contributed by atoms with E-state index in [-0.39, 0.29) is 18.3 Å². The molecule has 3 nitrogen and oxygen atoms in total. The third-order valence-corrected chi connectivity index (χ3v) is 5.94. The Morgan fingerprint density at radius 3 is 2.90 bits per heavy atom. The molecule has 2 N–H and O–H groups in total. The summed E-state index contributed by atoms with van der Waals surface area (Å²) in [5.74, 6) is 1.47. The summed E-state index contributed by atoms with van der Waals surface area (Å²) in [6.07, 6.45) is 4.48. The maximum atomic E-state index is 12.8. The monoisotopic (exact) mass is 328 g/mol. The van der Waals surface area contributed by atoms with Crippen LogP contribution in [0, 0.1) is 11.8 Å². The second kappa shape index (κ2) is 6.67. The molecular formula is C16H25ClN2OS. The number of carbonyl (C=O) groups is 1. The fourth-order valence-corrected chi connectivity index (χ4v) is 4.85. The molecule has 2 heterocycles. The highest BCUT2D eigenvalue weighted by atomic mass is 35.5. The SMILES string of the molecule is CC1CCc2c(C(=O)N3CC(CN)CC3C)csc2C1.Cl. The fraction of sp³-hybridized carbons (Fsp3) is 0.688. The summed E-state index contributed by atoms with van der Waals surface area (Å²) in [6, 6.07) is 0.328. The molecule has 1 aromatic heterocycles. The Bertz CT molecular complexity index is 516. The zero-order valence-electron chi connectivity index (χ0n) is 12.8. The number of thiophene rings is 1. The van der Waals surface area contributed by atoms with Crippen LogP contribution in [0.1, 0.15) is 47.5 Å². The Morgan fingerprint density at radius 2 is 2.24 bits per heavy atom. The van der Waals surface area contributed by atoms with Crippen LogP contribution in [0.5, 0.6) is 0 Å². The van der Waals surface area contributed by atoms with E-state index in [0.29, 0.717) is 18.5 Å². The molecule has 1 amide bonds. The maximum Gasteiger partial charge on any atom is 0.255 e. The number of likely N-dealkylation sites (tertiary alicyclic amines) is 1. The third kappa shape index (κ3) is 3.13. The molecule has 21 heavy (non-hydrogen) atoms. The van der Waals surface area contributed by atoms with Crippen LogP contribution in [0.3, 0.4) is 0 Å². The highest BCUT2D eigenvalue weighted by molar-refractivity contribution is 7.10. The molecule has 0 bridgehead atoms. The van der Waals surface area contributed by atoms with Crippen molar-refractivity contribution in [1.82, 2.24) is 4.90 Å². The molecule has 1 aliphatic heterocycles. The average Bonchev–Trinajstić information content (AvgIpc) is 3.01. The normalized spacial score (nSPS) is 28.1. The molecule has 1 aliphatic carbocycles. The Kier molecular flexibility index (Phi) is 5.33. The predicted molar refractivity (Wildman–Crippen MR) is 90.4 cm³/mol. The first-order valence-corrected chi connectivity index (χ1v) is 8.58. The van der Waals surface area contributed by atoms with Gasteiger partial charge in [0, 0.05) is 22.8 Å². The lowest BCUT2D eigenvalue weighted by Crippen LogP contribution is -2.35. The first-order valence-electron chi connectivity index (χ1n) is 7.70. The molecule has 0 saturated carbocycles. The Balaban J connectivity index is 0.00000161. The summed E-state index contributed by atoms with van der Waals surface area (Å²) in [6.45, 7) is 5.97. The first-order chi connectivity index (χ1) is 9.60. The second-order valence-electron chi connectivity index (χ2n) is 6.54. The van der Waals surface area contributed by atoms with Gasteiger partial charge in [-0.2, -0.15) is 0 Å². The largest absolute Gasteiger partial charge is 0.336 e. The van der Waals surface area contributed by atoms with E-state index in [4.69, 9.17) is 5.73 Å². The van der Waals surface area contributed by atoms with E-state index in [2.05, 4.69) is 19.2 Å². The van der Waals surface area contributed by atoms with E-state index in [0.717, 1.165) is 37.3 Å². The van der Waals surface area contributed by atoms with Crippen LogP contribution in [0.2, 0.25) is 0 Å². The van der Waals surface area contributed by atoms with Crippen molar-refractivity contribution in [2.45, 2.75) is 45.6 Å². The van der Waals surface area contributed by atoms with Gasteiger partial charge in [0.05, 0.1) is 5.56 Å². The lowest BCUT2D eigenvalue weighted by molar-refractivity contribution is 0.0742. The summed E-state index contributed by atoms with van der Waals surface area (Å²) in [4.78, 5) is 16.3. The van der Waals surface area contributed by atoms with Crippen LogP contribution in [-0.2, 0) is 12.8 Å². The number of nitrogens with two attached hydrogens (primary N) is 1. The van der Waals surface area contributed by atoms with E-state index >= 15 is 0 Å². The van der Waals surface area contributed by atoms with Gasteiger partial charge in [-0.15, -0.1) is 23.7 Å². The highest BCUT2D eigenvalue weighted by Crippen LogP contribution is 2.34. The van der Waals surface area contributed by atoms with Gasteiger partial charge in [0.25, 0.3) is 5.91 Å². The van der Waals surface area contributed by atoms with Crippen LogP contribution in [-0.4, -0.2) is 29.9 Å². The summed E-state index contributed by atoms with van der Waals surface area (Å²) in [5, 5.41) is 2.09. The first kappa shape index (κ1) is 16.8. The molecule has 5 heteroatoms. The van der Waals surface area contributed by atoms with Crippen LogP contribution < -0.4 is 5.73 Å². The van der Waals surface area contributed by atoms with Gasteiger partial charge in [0.15, 0.2) is 0 Å². The number of halogens is 1. The number of amides is 1. The van der Waals surface area contributed by atoms with Crippen molar-refractivity contribution < 1.29 is 4.79 Å². The van der Waals surface area contributed by atoms with Crippen LogP contribution in [0.25, 0.3) is 0 Å². The lowest BCUT2D eigenvalue weighted by atomic mass is 9.88. The second-order valence-corrected chi connectivity index (χ2v) is 7.51. The maximum absolute atomic E-state index is 12.8. The molecule has 3 rings (SSSR count). The lowest BCUT2D eigenvalue weighted by Gasteiger charge is -2.24. The number of carbonyl (C=O) groups excluding carboxylic acids is 1. The van der Waals surface area contributed by atoms with Crippen molar-refractivity contribution in [1.29, 1.82) is 0 Å². The van der Waals surface area contributed by atoms with Crippen molar-refractivity contribution in [3.05, 3.63) is 21.4 Å². The smallest absolute Gasteiger partial charge is 0.255 e. The molecule has 0 spiro atoms. The molecular weight excluding hydrogens is 304 g/mol. The molecule has 0 radical (unpaired) electrons. The summed E-state index contributed by atoms with van der Waals surface area (Å²) in [7, 11) is 0. The van der Waals surface area contributed by atoms with Gasteiger partial charge in [0.2, 0.25) is 0 Å². The molecule has 1 aromatic rings. The van der Waals surface area contributed by atoms with Crippen LogP contribution in [0.4, 0.5) is 0 Å². The summed E-state index contributed by atoms with van der Waals surface area (Å²) < 4.78 is 0. The van der Waals surface area contributed by atoms with Gasteiger partial charge < -0.3 is 10.6 Å². The van der Waals surface area contributed by atoms with Crippen molar-refractivity contribution in [3.8, 4) is 0 Å². The van der Waals surface area contributed by atoms with Gasteiger partial charge in [-0.25, -0.2) is 0 Å². The number of nitrogens with zero attached hydrogens (tertiary/aromatic N) is 1. The quantitative estimate of drug-likeness (QED) is 0.906. The van der Waals surface area contributed by atoms with Gasteiger partial charge in [0.1, 0.15) is 0 Å². The minimum absolute atomic E-state index is 0. The highest BCUT2D eigenvalue weighted by Gasteiger charge is 2.34. The molecule has 3 unspecified atom stereocenters. The molecule has 1 saturated heterocycles. The Morgan fingerprint density at radius 1 is 1.48 bits per heavy atom. The Hall–Kier alpha value is -0.580. The topological polar surface area (TPSA) is 46.3 Å². The molecule has 1 fully saturated rings.